The summed E-state index contributed by atoms with van der Waals surface area (Å²) < 4.78 is 7.91. The van der Waals surface area contributed by atoms with Crippen molar-refractivity contribution in [2.45, 2.75) is 19.4 Å². The Bertz CT molecular complexity index is 1090. The van der Waals surface area contributed by atoms with E-state index in [9.17, 15) is 5.26 Å². The average Bonchev–Trinajstić information content (AvgIpc) is 2.87. The molecule has 0 fully saturated rings. The Morgan fingerprint density at radius 1 is 1.24 bits per heavy atom. The van der Waals surface area contributed by atoms with Crippen LogP contribution in [0.15, 0.2) is 42.5 Å². The summed E-state index contributed by atoms with van der Waals surface area (Å²) in [6.45, 7) is 3.95. The van der Waals surface area contributed by atoms with Gasteiger partial charge in [-0.3, -0.25) is 4.57 Å². The molecule has 0 spiro atoms. The second-order valence-electron chi connectivity index (χ2n) is 6.50. The maximum absolute atomic E-state index is 9.25. The molecule has 0 radical (unpaired) electrons. The molecular formula is C19H15ClN4O. The first-order chi connectivity index (χ1) is 11.9. The highest BCUT2D eigenvalue weighted by Crippen LogP contribution is 2.39. The van der Waals surface area contributed by atoms with Crippen LogP contribution in [0.25, 0.3) is 16.7 Å². The average molecular weight is 351 g/mol. The zero-order valence-corrected chi connectivity index (χ0v) is 14.5. The summed E-state index contributed by atoms with van der Waals surface area (Å²) in [5.41, 5.74) is 9.45. The first-order valence-electron chi connectivity index (χ1n) is 7.78. The number of ether oxygens (including phenoxy) is 1. The molecule has 0 bridgehead atoms. The molecule has 3 aromatic rings. The molecule has 1 aliphatic heterocycles. The minimum absolute atomic E-state index is 0.356. The lowest BCUT2D eigenvalue weighted by molar-refractivity contribution is 0.157. The number of hydrogen-bond donors (Lipinski definition) is 1. The third kappa shape index (κ3) is 2.51. The zero-order valence-electron chi connectivity index (χ0n) is 13.7. The molecule has 0 unspecified atom stereocenters. The second-order valence-corrected chi connectivity index (χ2v) is 6.93. The van der Waals surface area contributed by atoms with Crippen LogP contribution in [0.5, 0.6) is 5.75 Å². The fourth-order valence-corrected chi connectivity index (χ4v) is 3.29. The van der Waals surface area contributed by atoms with Crippen molar-refractivity contribution >= 4 is 34.3 Å². The van der Waals surface area contributed by atoms with Crippen molar-refractivity contribution in [3.8, 4) is 11.8 Å². The molecule has 2 aromatic carbocycles. The van der Waals surface area contributed by atoms with Gasteiger partial charge in [-0.15, -0.1) is 0 Å². The molecule has 124 valence electrons. The predicted molar refractivity (Wildman–Crippen MR) is 98.4 cm³/mol. The van der Waals surface area contributed by atoms with Gasteiger partial charge in [0.25, 0.3) is 0 Å². The van der Waals surface area contributed by atoms with Crippen molar-refractivity contribution in [1.82, 2.24) is 9.55 Å². The fourth-order valence-electron chi connectivity index (χ4n) is 3.12. The van der Waals surface area contributed by atoms with Crippen LogP contribution in [0.3, 0.4) is 0 Å². The predicted octanol–water partition coefficient (Wildman–Crippen LogP) is 4.20. The molecular weight excluding hydrogens is 336 g/mol. The van der Waals surface area contributed by atoms with Crippen molar-refractivity contribution in [3.05, 3.63) is 58.6 Å². The summed E-state index contributed by atoms with van der Waals surface area (Å²) in [5, 5.41) is 9.85. The van der Waals surface area contributed by atoms with E-state index >= 15 is 0 Å². The number of nitrogen functional groups attached to an aromatic ring is 1. The van der Waals surface area contributed by atoms with E-state index in [2.05, 4.69) is 11.1 Å². The summed E-state index contributed by atoms with van der Waals surface area (Å²) in [4.78, 5) is 4.42. The molecule has 1 aliphatic rings. The van der Waals surface area contributed by atoms with Gasteiger partial charge in [-0.05, 0) is 56.3 Å². The number of hydrogen-bond acceptors (Lipinski definition) is 4. The van der Waals surface area contributed by atoms with Gasteiger partial charge in [-0.2, -0.15) is 5.26 Å². The third-order valence-corrected chi connectivity index (χ3v) is 4.36. The van der Waals surface area contributed by atoms with Gasteiger partial charge in [0.2, 0.25) is 5.95 Å². The largest absolute Gasteiger partial charge is 0.483 e. The monoisotopic (exact) mass is 350 g/mol. The molecule has 6 heteroatoms. The van der Waals surface area contributed by atoms with Crippen LogP contribution in [0.4, 0.5) is 5.95 Å². The topological polar surface area (TPSA) is 76.9 Å². The van der Waals surface area contributed by atoms with Crippen LogP contribution < -0.4 is 10.5 Å². The molecule has 0 amide bonds. The molecule has 0 saturated heterocycles. The van der Waals surface area contributed by atoms with Crippen molar-refractivity contribution in [2.75, 3.05) is 5.73 Å². The molecule has 4 rings (SSSR count). The van der Waals surface area contributed by atoms with E-state index in [1.54, 1.807) is 24.3 Å². The van der Waals surface area contributed by atoms with Gasteiger partial charge in [0, 0.05) is 10.6 Å². The number of fused-ring (bicyclic) bond motifs is 2. The van der Waals surface area contributed by atoms with Gasteiger partial charge in [0.05, 0.1) is 28.4 Å². The van der Waals surface area contributed by atoms with Gasteiger partial charge in [-0.1, -0.05) is 11.6 Å². The first kappa shape index (κ1) is 15.6. The summed E-state index contributed by atoms with van der Waals surface area (Å²) in [6, 6.07) is 13.0. The highest BCUT2D eigenvalue weighted by Gasteiger charge is 2.29. The van der Waals surface area contributed by atoms with Crippen LogP contribution in [0.1, 0.15) is 25.0 Å². The van der Waals surface area contributed by atoms with Gasteiger partial charge in [-0.25, -0.2) is 4.98 Å². The van der Waals surface area contributed by atoms with E-state index < -0.39 is 5.60 Å². The Kier molecular flexibility index (Phi) is 3.28. The Morgan fingerprint density at radius 2 is 2.04 bits per heavy atom. The van der Waals surface area contributed by atoms with Crippen LogP contribution >= 0.6 is 11.6 Å². The third-order valence-electron chi connectivity index (χ3n) is 4.13. The molecule has 25 heavy (non-hydrogen) atoms. The quantitative estimate of drug-likeness (QED) is 0.713. The zero-order chi connectivity index (χ0) is 17.8. The Hall–Kier alpha value is -2.97. The minimum Gasteiger partial charge on any atom is -0.483 e. The van der Waals surface area contributed by atoms with Crippen molar-refractivity contribution < 1.29 is 4.74 Å². The SMILES string of the molecule is CC1(C)C=C(n2c(N)nc3cc(Cl)ccc32)c2cc(C#N)ccc2O1. The number of benzene rings is 2. The normalized spacial score (nSPS) is 15.2. The van der Waals surface area contributed by atoms with Gasteiger partial charge in [0.1, 0.15) is 11.4 Å². The van der Waals surface area contributed by atoms with Gasteiger partial charge >= 0.3 is 0 Å². The van der Waals surface area contributed by atoms with Crippen molar-refractivity contribution in [3.63, 3.8) is 0 Å². The highest BCUT2D eigenvalue weighted by atomic mass is 35.5. The standard InChI is InChI=1S/C19H15ClN4O/c1-19(2)9-16(13-7-11(10-21)3-6-17(13)25-19)24-15-5-4-12(20)8-14(15)23-18(24)22/h3-9H,1-2H3,(H2,22,23). The Morgan fingerprint density at radius 3 is 2.80 bits per heavy atom. The lowest BCUT2D eigenvalue weighted by Gasteiger charge is -2.31. The van der Waals surface area contributed by atoms with Crippen molar-refractivity contribution in [2.24, 2.45) is 0 Å². The highest BCUT2D eigenvalue weighted by molar-refractivity contribution is 6.31. The molecule has 0 saturated carbocycles. The summed E-state index contributed by atoms with van der Waals surface area (Å²) in [6.07, 6.45) is 1.99. The molecule has 1 aromatic heterocycles. The van der Waals surface area contributed by atoms with Crippen molar-refractivity contribution in [1.29, 1.82) is 5.26 Å². The van der Waals surface area contributed by atoms with E-state index in [4.69, 9.17) is 22.1 Å². The first-order valence-corrected chi connectivity index (χ1v) is 8.16. The number of nitrogens with two attached hydrogens (primary N) is 1. The van der Waals surface area contributed by atoms with E-state index in [0.717, 1.165) is 16.8 Å². The molecule has 2 N–H and O–H groups in total. The Labute approximate surface area is 149 Å². The molecule has 5 nitrogen and oxygen atoms in total. The van der Waals surface area contributed by atoms with E-state index in [-0.39, 0.29) is 0 Å². The fraction of sp³-hybridized carbons (Fsp3) is 0.158. The number of rotatable bonds is 1. The maximum atomic E-state index is 9.25. The second kappa shape index (κ2) is 5.27. The molecule has 0 atom stereocenters. The summed E-state index contributed by atoms with van der Waals surface area (Å²) in [5.74, 6) is 1.06. The maximum Gasteiger partial charge on any atom is 0.205 e. The summed E-state index contributed by atoms with van der Waals surface area (Å²) in [7, 11) is 0. The summed E-state index contributed by atoms with van der Waals surface area (Å²) >= 11 is 6.07. The molecule has 0 aliphatic carbocycles. The van der Waals surface area contributed by atoms with Crippen LogP contribution in [0.2, 0.25) is 5.02 Å². The van der Waals surface area contributed by atoms with E-state index in [0.29, 0.717) is 27.8 Å². The van der Waals surface area contributed by atoms with Gasteiger partial charge < -0.3 is 10.5 Å². The number of halogens is 1. The van der Waals surface area contributed by atoms with Crippen LogP contribution in [-0.2, 0) is 0 Å². The number of anilines is 1. The minimum atomic E-state index is -0.522. The number of nitriles is 1. The smallest absolute Gasteiger partial charge is 0.205 e. The Balaban J connectivity index is 2.03. The number of imidazole rings is 1. The molecule has 2 heterocycles. The number of aromatic nitrogens is 2. The lowest BCUT2D eigenvalue weighted by atomic mass is 9.97. The van der Waals surface area contributed by atoms with E-state index in [1.807, 2.05) is 36.6 Å². The van der Waals surface area contributed by atoms with Crippen LogP contribution in [-0.4, -0.2) is 15.2 Å². The lowest BCUT2D eigenvalue weighted by Crippen LogP contribution is -2.30. The number of nitrogens with zero attached hydrogens (tertiary/aromatic N) is 3. The van der Waals surface area contributed by atoms with E-state index in [1.165, 1.54) is 0 Å². The van der Waals surface area contributed by atoms with Crippen LogP contribution in [0, 0.1) is 11.3 Å². The van der Waals surface area contributed by atoms with Gasteiger partial charge in [0.15, 0.2) is 0 Å².